The van der Waals surface area contributed by atoms with Gasteiger partial charge in [-0.05, 0) is 26.0 Å². The third kappa shape index (κ3) is 4.23. The molecule has 3 N–H and O–H groups in total. The average molecular weight is 315 g/mol. The molecular weight excluding hydrogens is 294 g/mol. The van der Waals surface area contributed by atoms with Gasteiger partial charge >= 0.3 is 0 Å². The molecule has 8 heteroatoms. The van der Waals surface area contributed by atoms with Gasteiger partial charge in [-0.25, -0.2) is 13.6 Å². The van der Waals surface area contributed by atoms with Crippen LogP contribution in [0.15, 0.2) is 23.1 Å². The van der Waals surface area contributed by atoms with E-state index in [2.05, 4.69) is 5.32 Å². The second-order valence-corrected chi connectivity index (χ2v) is 6.45. The Hall–Kier alpha value is -1.51. The average Bonchev–Trinajstić information content (AvgIpc) is 2.38. The van der Waals surface area contributed by atoms with E-state index >= 15 is 0 Å². The number of hydrogen-bond acceptors (Lipinski definition) is 5. The molecule has 21 heavy (non-hydrogen) atoms. The van der Waals surface area contributed by atoms with Gasteiger partial charge in [0.2, 0.25) is 10.0 Å². The van der Waals surface area contributed by atoms with Gasteiger partial charge in [-0.2, -0.15) is 0 Å². The number of nitrogens with two attached hydrogens (primary N) is 1. The minimum Gasteiger partial charge on any atom is -0.314 e. The molecule has 0 aliphatic carbocycles. The molecule has 2 unspecified atom stereocenters. The second-order valence-electron chi connectivity index (χ2n) is 4.88. The molecule has 0 radical (unpaired) electrons. The van der Waals surface area contributed by atoms with Crippen molar-refractivity contribution in [2.24, 2.45) is 5.14 Å². The lowest BCUT2D eigenvalue weighted by Gasteiger charge is -2.23. The van der Waals surface area contributed by atoms with E-state index in [-0.39, 0.29) is 22.5 Å². The molecule has 0 saturated heterocycles. The summed E-state index contributed by atoms with van der Waals surface area (Å²) in [6, 6.07) is 3.88. The lowest BCUT2D eigenvalue weighted by molar-refractivity contribution is -0.386. The molecule has 1 rings (SSSR count). The van der Waals surface area contributed by atoms with E-state index in [4.69, 9.17) is 5.14 Å². The van der Waals surface area contributed by atoms with Crippen LogP contribution in [0.4, 0.5) is 5.69 Å². The molecule has 1 aromatic rings. The summed E-state index contributed by atoms with van der Waals surface area (Å²) in [7, 11) is -3.96. The maximum absolute atomic E-state index is 11.3. The Morgan fingerprint density at radius 1 is 1.38 bits per heavy atom. The highest BCUT2D eigenvalue weighted by Gasteiger charge is 2.26. The number of benzene rings is 1. The third-order valence-electron chi connectivity index (χ3n) is 3.50. The summed E-state index contributed by atoms with van der Waals surface area (Å²) in [6.45, 7) is 6.60. The van der Waals surface area contributed by atoms with Gasteiger partial charge in [0, 0.05) is 23.6 Å². The number of nitro groups is 1. The van der Waals surface area contributed by atoms with Gasteiger partial charge < -0.3 is 5.32 Å². The van der Waals surface area contributed by atoms with Crippen LogP contribution in [0.5, 0.6) is 0 Å². The Kier molecular flexibility index (Phi) is 5.82. The standard InChI is InChI=1S/C13H21N3O4S/c1-4-11(9(3)15-5-2)12-7-6-10(21(14,19)20)8-13(12)16(17)18/h6-9,11,15H,4-5H2,1-3H3,(H2,14,19,20). The van der Waals surface area contributed by atoms with Crippen molar-refractivity contribution in [2.75, 3.05) is 6.54 Å². The van der Waals surface area contributed by atoms with Crippen LogP contribution < -0.4 is 10.5 Å². The molecule has 2 atom stereocenters. The molecule has 0 aliphatic rings. The fourth-order valence-electron chi connectivity index (χ4n) is 2.48. The predicted octanol–water partition coefficient (Wildman–Crippen LogP) is 1.73. The van der Waals surface area contributed by atoms with Gasteiger partial charge in [-0.3, -0.25) is 10.1 Å². The second kappa shape index (κ2) is 6.97. The summed E-state index contributed by atoms with van der Waals surface area (Å²) >= 11 is 0. The monoisotopic (exact) mass is 315 g/mol. The quantitative estimate of drug-likeness (QED) is 0.587. The van der Waals surface area contributed by atoms with Crippen molar-refractivity contribution in [3.05, 3.63) is 33.9 Å². The smallest absolute Gasteiger partial charge is 0.274 e. The van der Waals surface area contributed by atoms with Crippen molar-refractivity contribution in [3.63, 3.8) is 0 Å². The normalized spacial score (nSPS) is 14.7. The van der Waals surface area contributed by atoms with Crippen molar-refractivity contribution >= 4 is 15.7 Å². The number of primary sulfonamides is 1. The van der Waals surface area contributed by atoms with E-state index in [9.17, 15) is 18.5 Å². The van der Waals surface area contributed by atoms with Crippen molar-refractivity contribution in [1.29, 1.82) is 0 Å². The summed E-state index contributed by atoms with van der Waals surface area (Å²) in [5.41, 5.74) is 0.307. The van der Waals surface area contributed by atoms with Gasteiger partial charge in [0.25, 0.3) is 5.69 Å². The van der Waals surface area contributed by atoms with Crippen LogP contribution in [0, 0.1) is 10.1 Å². The Balaban J connectivity index is 3.38. The number of likely N-dealkylation sites (N-methyl/N-ethyl adjacent to an activating group) is 1. The largest absolute Gasteiger partial charge is 0.314 e. The highest BCUT2D eigenvalue weighted by atomic mass is 32.2. The number of nitrogens with zero attached hydrogens (tertiary/aromatic N) is 1. The van der Waals surface area contributed by atoms with Gasteiger partial charge in [0.15, 0.2) is 0 Å². The van der Waals surface area contributed by atoms with Gasteiger partial charge in [-0.1, -0.05) is 19.9 Å². The van der Waals surface area contributed by atoms with Gasteiger partial charge in [0.05, 0.1) is 9.82 Å². The molecule has 0 heterocycles. The highest BCUT2D eigenvalue weighted by molar-refractivity contribution is 7.89. The molecule has 0 amide bonds. The fourth-order valence-corrected chi connectivity index (χ4v) is 3.01. The number of nitro benzene ring substituents is 1. The molecule has 7 nitrogen and oxygen atoms in total. The number of sulfonamides is 1. The Morgan fingerprint density at radius 3 is 2.43 bits per heavy atom. The summed E-state index contributed by atoms with van der Waals surface area (Å²) in [5.74, 6) is -0.0834. The summed E-state index contributed by atoms with van der Waals surface area (Å²) < 4.78 is 22.7. The fraction of sp³-hybridized carbons (Fsp3) is 0.538. The van der Waals surface area contributed by atoms with E-state index in [1.807, 2.05) is 20.8 Å². The van der Waals surface area contributed by atoms with Gasteiger partial charge in [0.1, 0.15) is 0 Å². The maximum Gasteiger partial charge on any atom is 0.274 e. The Bertz CT molecular complexity index is 616. The number of hydrogen-bond donors (Lipinski definition) is 2. The topological polar surface area (TPSA) is 115 Å². The molecule has 0 aliphatic heterocycles. The summed E-state index contributed by atoms with van der Waals surface area (Å²) in [5, 5.41) is 19.5. The van der Waals surface area contributed by atoms with Crippen molar-refractivity contribution < 1.29 is 13.3 Å². The lowest BCUT2D eigenvalue weighted by Crippen LogP contribution is -2.32. The number of rotatable bonds is 7. The Labute approximate surface area is 124 Å². The highest BCUT2D eigenvalue weighted by Crippen LogP contribution is 2.33. The van der Waals surface area contributed by atoms with E-state index in [1.165, 1.54) is 12.1 Å². The van der Waals surface area contributed by atoms with Crippen LogP contribution in [0.25, 0.3) is 0 Å². The van der Waals surface area contributed by atoms with Crippen LogP contribution in [0.1, 0.15) is 38.7 Å². The Morgan fingerprint density at radius 2 is 2.00 bits per heavy atom. The van der Waals surface area contributed by atoms with Gasteiger partial charge in [-0.15, -0.1) is 0 Å². The van der Waals surface area contributed by atoms with E-state index in [0.29, 0.717) is 12.0 Å². The first-order chi connectivity index (χ1) is 9.72. The van der Waals surface area contributed by atoms with Crippen LogP contribution >= 0.6 is 0 Å². The summed E-state index contributed by atoms with van der Waals surface area (Å²) in [6.07, 6.45) is 0.698. The first-order valence-corrected chi connectivity index (χ1v) is 8.31. The van der Waals surface area contributed by atoms with E-state index in [1.54, 1.807) is 0 Å². The molecular formula is C13H21N3O4S. The minimum absolute atomic E-state index is 0.0408. The molecule has 0 saturated carbocycles. The van der Waals surface area contributed by atoms with Crippen LogP contribution in [-0.2, 0) is 10.0 Å². The van der Waals surface area contributed by atoms with Crippen molar-refractivity contribution in [3.8, 4) is 0 Å². The summed E-state index contributed by atoms with van der Waals surface area (Å²) in [4.78, 5) is 10.4. The zero-order valence-corrected chi connectivity index (χ0v) is 13.2. The van der Waals surface area contributed by atoms with Crippen LogP contribution in [0.2, 0.25) is 0 Å². The molecule has 1 aromatic carbocycles. The molecule has 0 spiro atoms. The number of nitrogens with one attached hydrogen (secondary N) is 1. The maximum atomic E-state index is 11.3. The molecule has 118 valence electrons. The zero-order valence-electron chi connectivity index (χ0n) is 12.4. The van der Waals surface area contributed by atoms with Crippen LogP contribution in [-0.4, -0.2) is 25.9 Å². The van der Waals surface area contributed by atoms with Crippen LogP contribution in [0.3, 0.4) is 0 Å². The zero-order chi connectivity index (χ0) is 16.2. The van der Waals surface area contributed by atoms with E-state index < -0.39 is 14.9 Å². The molecule has 0 fully saturated rings. The predicted molar refractivity (Wildman–Crippen MR) is 80.6 cm³/mol. The van der Waals surface area contributed by atoms with Crippen molar-refractivity contribution in [2.45, 2.75) is 44.0 Å². The third-order valence-corrected chi connectivity index (χ3v) is 4.41. The minimum atomic E-state index is -3.96. The van der Waals surface area contributed by atoms with E-state index in [0.717, 1.165) is 12.6 Å². The van der Waals surface area contributed by atoms with Crippen molar-refractivity contribution in [1.82, 2.24) is 5.32 Å². The molecule has 0 bridgehead atoms. The lowest BCUT2D eigenvalue weighted by atomic mass is 9.89. The molecule has 0 aromatic heterocycles. The first kappa shape index (κ1) is 17.5. The first-order valence-electron chi connectivity index (χ1n) is 6.76. The SMILES string of the molecule is CCNC(C)C(CC)c1ccc(S(N)(=O)=O)cc1[N+](=O)[O-].